The summed E-state index contributed by atoms with van der Waals surface area (Å²) in [5.41, 5.74) is 0.545. The molecule has 1 amide bonds. The second kappa shape index (κ2) is 6.89. The molecule has 2 aliphatic carbocycles. The lowest BCUT2D eigenvalue weighted by Crippen LogP contribution is -2.40. The molecule has 0 aromatic carbocycles. The van der Waals surface area contributed by atoms with Crippen LogP contribution in [0, 0.1) is 11.3 Å². The first-order valence-electron chi connectivity index (χ1n) is 9.72. The Morgan fingerprint density at radius 2 is 1.92 bits per heavy atom. The normalized spacial score (nSPS) is 25.1. The van der Waals surface area contributed by atoms with Crippen LogP contribution < -0.4 is 4.74 Å². The van der Waals surface area contributed by atoms with E-state index in [1.165, 1.54) is 19.3 Å². The number of hydrogen-bond donors (Lipinski definition) is 1. The van der Waals surface area contributed by atoms with Gasteiger partial charge in [-0.3, -0.25) is 9.59 Å². The molecular formula is C20H26N2O4. The number of nitrogens with zero attached hydrogens (tertiary/aromatic N) is 2. The molecule has 1 aliphatic heterocycles. The summed E-state index contributed by atoms with van der Waals surface area (Å²) < 4.78 is 5.97. The van der Waals surface area contributed by atoms with Crippen LogP contribution in [0.5, 0.6) is 5.88 Å². The van der Waals surface area contributed by atoms with E-state index in [0.717, 1.165) is 32.1 Å². The fraction of sp³-hybridized carbons (Fsp3) is 0.650. The molecule has 6 nitrogen and oxygen atoms in total. The van der Waals surface area contributed by atoms with E-state index in [4.69, 9.17) is 4.74 Å². The number of carbonyl (C=O) groups excluding carboxylic acids is 1. The Balaban J connectivity index is 1.36. The number of ether oxygens (including phenoxy) is 1. The Labute approximate surface area is 153 Å². The minimum absolute atomic E-state index is 0.0109. The standard InChI is InChI=1S/C20H26N2O4/c23-18(22-10-7-20(8-11-22)13-16(20)19(24)25)14-6-9-21-17(12-14)26-15-4-2-1-3-5-15/h6,9,12,15-16H,1-5,7-8,10-11,13H2,(H,24,25). The molecule has 1 atom stereocenters. The van der Waals surface area contributed by atoms with Gasteiger partial charge in [0.05, 0.1) is 5.92 Å². The van der Waals surface area contributed by atoms with Gasteiger partial charge in [0, 0.05) is 30.9 Å². The highest BCUT2D eigenvalue weighted by atomic mass is 16.5. The van der Waals surface area contributed by atoms with Crippen LogP contribution in [0.25, 0.3) is 0 Å². The van der Waals surface area contributed by atoms with Crippen LogP contribution in [0.3, 0.4) is 0 Å². The molecule has 1 aromatic heterocycles. The Hall–Kier alpha value is -2.11. The third-order valence-corrected chi connectivity index (χ3v) is 6.36. The molecule has 2 heterocycles. The fourth-order valence-electron chi connectivity index (χ4n) is 4.55. The third-order valence-electron chi connectivity index (χ3n) is 6.36. The van der Waals surface area contributed by atoms with E-state index < -0.39 is 5.97 Å². The number of carboxylic acid groups (broad SMARTS) is 1. The summed E-state index contributed by atoms with van der Waals surface area (Å²) >= 11 is 0. The van der Waals surface area contributed by atoms with Crippen LogP contribution in [-0.4, -0.2) is 46.1 Å². The van der Waals surface area contributed by atoms with Crippen molar-refractivity contribution < 1.29 is 19.4 Å². The molecule has 2 saturated carbocycles. The van der Waals surface area contributed by atoms with Gasteiger partial charge in [-0.1, -0.05) is 6.42 Å². The molecule has 1 N–H and O–H groups in total. The van der Waals surface area contributed by atoms with Crippen molar-refractivity contribution in [3.05, 3.63) is 23.9 Å². The summed E-state index contributed by atoms with van der Waals surface area (Å²) in [4.78, 5) is 30.1. The van der Waals surface area contributed by atoms with Gasteiger partial charge in [-0.25, -0.2) is 4.98 Å². The number of piperidine rings is 1. The fourth-order valence-corrected chi connectivity index (χ4v) is 4.55. The van der Waals surface area contributed by atoms with Crippen LogP contribution >= 0.6 is 0 Å². The van der Waals surface area contributed by atoms with Gasteiger partial charge in [0.1, 0.15) is 6.10 Å². The van der Waals surface area contributed by atoms with Crippen LogP contribution in [0.1, 0.15) is 61.7 Å². The van der Waals surface area contributed by atoms with Crippen LogP contribution in [0.4, 0.5) is 0 Å². The van der Waals surface area contributed by atoms with Crippen molar-refractivity contribution in [3.63, 3.8) is 0 Å². The van der Waals surface area contributed by atoms with Gasteiger partial charge < -0.3 is 14.7 Å². The summed E-state index contributed by atoms with van der Waals surface area (Å²) in [5.74, 6) is -0.382. The van der Waals surface area contributed by atoms with E-state index in [1.54, 1.807) is 18.3 Å². The minimum atomic E-state index is -0.691. The van der Waals surface area contributed by atoms with E-state index in [1.807, 2.05) is 4.90 Å². The first-order valence-corrected chi connectivity index (χ1v) is 9.72. The van der Waals surface area contributed by atoms with Gasteiger partial charge in [0.2, 0.25) is 5.88 Å². The number of amides is 1. The van der Waals surface area contributed by atoms with Crippen LogP contribution in [-0.2, 0) is 4.79 Å². The highest BCUT2D eigenvalue weighted by Crippen LogP contribution is 2.59. The Morgan fingerprint density at radius 1 is 1.19 bits per heavy atom. The molecule has 1 saturated heterocycles. The van der Waals surface area contributed by atoms with Crippen molar-refractivity contribution in [1.29, 1.82) is 0 Å². The molecular weight excluding hydrogens is 332 g/mol. The zero-order valence-corrected chi connectivity index (χ0v) is 15.0. The smallest absolute Gasteiger partial charge is 0.307 e. The first kappa shape index (κ1) is 17.3. The molecule has 1 spiro atoms. The summed E-state index contributed by atoms with van der Waals surface area (Å²) in [6, 6.07) is 3.48. The van der Waals surface area contributed by atoms with E-state index in [0.29, 0.717) is 24.5 Å². The second-order valence-corrected chi connectivity index (χ2v) is 8.01. The summed E-state index contributed by atoms with van der Waals surface area (Å²) in [6.45, 7) is 1.26. The Morgan fingerprint density at radius 3 is 2.58 bits per heavy atom. The van der Waals surface area contributed by atoms with Crippen molar-refractivity contribution in [2.24, 2.45) is 11.3 Å². The van der Waals surface area contributed by atoms with Gasteiger partial charge in [-0.05, 0) is 56.4 Å². The number of rotatable bonds is 4. The number of hydrogen-bond acceptors (Lipinski definition) is 4. The van der Waals surface area contributed by atoms with Gasteiger partial charge in [-0.2, -0.15) is 0 Å². The highest BCUT2D eigenvalue weighted by molar-refractivity contribution is 5.94. The van der Waals surface area contributed by atoms with Crippen LogP contribution in [0.15, 0.2) is 18.3 Å². The maximum absolute atomic E-state index is 12.8. The number of aromatic nitrogens is 1. The summed E-state index contributed by atoms with van der Waals surface area (Å²) in [5, 5.41) is 9.19. The third kappa shape index (κ3) is 3.41. The highest BCUT2D eigenvalue weighted by Gasteiger charge is 2.59. The molecule has 4 rings (SSSR count). The van der Waals surface area contributed by atoms with Crippen molar-refractivity contribution in [2.45, 2.75) is 57.5 Å². The topological polar surface area (TPSA) is 79.7 Å². The van der Waals surface area contributed by atoms with Crippen molar-refractivity contribution >= 4 is 11.9 Å². The van der Waals surface area contributed by atoms with Crippen molar-refractivity contribution in [3.8, 4) is 5.88 Å². The van der Waals surface area contributed by atoms with Gasteiger partial charge in [0.15, 0.2) is 0 Å². The lowest BCUT2D eigenvalue weighted by molar-refractivity contribution is -0.139. The average Bonchev–Trinajstić information content (AvgIpc) is 3.37. The molecule has 1 unspecified atom stereocenters. The number of carboxylic acids is 1. The first-order chi connectivity index (χ1) is 12.6. The number of carbonyl (C=O) groups is 2. The zero-order valence-electron chi connectivity index (χ0n) is 15.0. The zero-order chi connectivity index (χ0) is 18.1. The monoisotopic (exact) mass is 358 g/mol. The molecule has 3 fully saturated rings. The molecule has 140 valence electrons. The lowest BCUT2D eigenvalue weighted by atomic mass is 9.90. The molecule has 6 heteroatoms. The molecule has 1 aromatic rings. The SMILES string of the molecule is O=C(O)C1CC12CCN(C(=O)c1ccnc(OC3CCCCC3)c1)CC2. The van der Waals surface area contributed by atoms with E-state index in [9.17, 15) is 14.7 Å². The van der Waals surface area contributed by atoms with Crippen LogP contribution in [0.2, 0.25) is 0 Å². The Bertz CT molecular complexity index is 691. The van der Waals surface area contributed by atoms with Gasteiger partial charge >= 0.3 is 5.97 Å². The number of likely N-dealkylation sites (tertiary alicyclic amines) is 1. The maximum atomic E-state index is 12.8. The Kier molecular flexibility index (Phi) is 4.59. The minimum Gasteiger partial charge on any atom is -0.481 e. The van der Waals surface area contributed by atoms with Gasteiger partial charge in [0.25, 0.3) is 5.91 Å². The quantitative estimate of drug-likeness (QED) is 0.894. The molecule has 26 heavy (non-hydrogen) atoms. The van der Waals surface area contributed by atoms with E-state index in [-0.39, 0.29) is 23.3 Å². The summed E-state index contributed by atoms with van der Waals surface area (Å²) in [6.07, 6.45) is 9.93. The van der Waals surface area contributed by atoms with Gasteiger partial charge in [-0.15, -0.1) is 0 Å². The van der Waals surface area contributed by atoms with E-state index >= 15 is 0 Å². The predicted octanol–water partition coefficient (Wildman–Crippen LogP) is 3.12. The number of pyridine rings is 1. The van der Waals surface area contributed by atoms with E-state index in [2.05, 4.69) is 4.98 Å². The lowest BCUT2D eigenvalue weighted by Gasteiger charge is -2.32. The molecule has 3 aliphatic rings. The maximum Gasteiger partial charge on any atom is 0.307 e. The predicted molar refractivity (Wildman–Crippen MR) is 95.1 cm³/mol. The largest absolute Gasteiger partial charge is 0.481 e. The summed E-state index contributed by atoms with van der Waals surface area (Å²) in [7, 11) is 0. The van der Waals surface area contributed by atoms with Crippen molar-refractivity contribution in [1.82, 2.24) is 9.88 Å². The van der Waals surface area contributed by atoms with Crippen molar-refractivity contribution in [2.75, 3.05) is 13.1 Å². The average molecular weight is 358 g/mol. The molecule has 0 radical (unpaired) electrons. The number of aliphatic carboxylic acids is 1. The molecule has 0 bridgehead atoms. The second-order valence-electron chi connectivity index (χ2n) is 8.01.